The summed E-state index contributed by atoms with van der Waals surface area (Å²) in [6, 6.07) is 8.17. The summed E-state index contributed by atoms with van der Waals surface area (Å²) in [5, 5.41) is 5.04. The highest BCUT2D eigenvalue weighted by Gasteiger charge is 2.28. The van der Waals surface area contributed by atoms with Crippen LogP contribution in [-0.2, 0) is 4.74 Å². The zero-order valence-corrected chi connectivity index (χ0v) is 13.6. The highest BCUT2D eigenvalue weighted by atomic mass is 16.5. The van der Waals surface area contributed by atoms with Gasteiger partial charge in [0.05, 0.1) is 12.2 Å². The quantitative estimate of drug-likeness (QED) is 0.644. The first-order valence-corrected chi connectivity index (χ1v) is 7.38. The van der Waals surface area contributed by atoms with E-state index in [9.17, 15) is 14.4 Å². The SMILES string of the molecule is CCOC(=O)c1c(NC(=O)Nc2ccccc2)oc(C)c1C(C)=O. The highest BCUT2D eigenvalue weighted by molar-refractivity contribution is 6.11. The summed E-state index contributed by atoms with van der Waals surface area (Å²) < 4.78 is 10.3. The molecule has 2 aromatic rings. The third-order valence-corrected chi connectivity index (χ3v) is 3.17. The molecule has 2 rings (SSSR count). The van der Waals surface area contributed by atoms with Crippen LogP contribution in [0.1, 0.15) is 40.3 Å². The first kappa shape index (κ1) is 17.3. The minimum Gasteiger partial charge on any atom is -0.462 e. The van der Waals surface area contributed by atoms with Crippen LogP contribution < -0.4 is 10.6 Å². The number of hydrogen-bond donors (Lipinski definition) is 2. The molecule has 0 radical (unpaired) electrons. The van der Waals surface area contributed by atoms with Crippen LogP contribution in [-0.4, -0.2) is 24.4 Å². The number of rotatable bonds is 5. The van der Waals surface area contributed by atoms with Gasteiger partial charge in [-0.05, 0) is 32.9 Å². The first-order valence-electron chi connectivity index (χ1n) is 7.38. The Hall–Kier alpha value is -3.09. The molecule has 0 atom stereocenters. The number of nitrogens with one attached hydrogen (secondary N) is 2. The van der Waals surface area contributed by atoms with Crippen LogP contribution in [0.4, 0.5) is 16.4 Å². The van der Waals surface area contributed by atoms with Gasteiger partial charge in [-0.15, -0.1) is 0 Å². The topological polar surface area (TPSA) is 97.6 Å². The lowest BCUT2D eigenvalue weighted by Crippen LogP contribution is -2.21. The molecular weight excluding hydrogens is 312 g/mol. The van der Waals surface area contributed by atoms with Crippen LogP contribution in [0.5, 0.6) is 0 Å². The molecule has 24 heavy (non-hydrogen) atoms. The Morgan fingerprint density at radius 1 is 1.08 bits per heavy atom. The maximum Gasteiger partial charge on any atom is 0.344 e. The molecule has 0 unspecified atom stereocenters. The largest absolute Gasteiger partial charge is 0.462 e. The number of hydrogen-bond acceptors (Lipinski definition) is 5. The predicted octanol–water partition coefficient (Wildman–Crippen LogP) is 3.61. The molecule has 0 aliphatic rings. The summed E-state index contributed by atoms with van der Waals surface area (Å²) in [7, 11) is 0. The minimum absolute atomic E-state index is 0.0786. The standard InChI is InChI=1S/C17H18N2O5/c1-4-23-16(21)14-13(10(2)20)11(3)24-15(14)19-17(22)18-12-8-6-5-7-9-12/h5-9H,4H2,1-3H3,(H2,18,19,22). The van der Waals surface area contributed by atoms with E-state index in [4.69, 9.17) is 9.15 Å². The number of para-hydroxylation sites is 1. The van der Waals surface area contributed by atoms with E-state index in [0.717, 1.165) is 0 Å². The zero-order chi connectivity index (χ0) is 17.7. The van der Waals surface area contributed by atoms with Gasteiger partial charge in [0.2, 0.25) is 5.88 Å². The maximum atomic E-state index is 12.1. The number of furan rings is 1. The number of carbonyl (C=O) groups is 3. The predicted molar refractivity (Wildman–Crippen MR) is 88.5 cm³/mol. The van der Waals surface area contributed by atoms with Gasteiger partial charge < -0.3 is 14.5 Å². The van der Waals surface area contributed by atoms with Crippen molar-refractivity contribution in [3.05, 3.63) is 47.2 Å². The van der Waals surface area contributed by atoms with Crippen molar-refractivity contribution < 1.29 is 23.5 Å². The Morgan fingerprint density at radius 3 is 2.33 bits per heavy atom. The van der Waals surface area contributed by atoms with Gasteiger partial charge >= 0.3 is 12.0 Å². The fourth-order valence-electron chi connectivity index (χ4n) is 2.24. The van der Waals surface area contributed by atoms with Gasteiger partial charge in [0.15, 0.2) is 5.78 Å². The lowest BCUT2D eigenvalue weighted by Gasteiger charge is -2.07. The van der Waals surface area contributed by atoms with E-state index < -0.39 is 12.0 Å². The van der Waals surface area contributed by atoms with Crippen LogP contribution in [0.3, 0.4) is 0 Å². The molecule has 0 fully saturated rings. The maximum absolute atomic E-state index is 12.1. The van der Waals surface area contributed by atoms with Gasteiger partial charge in [0, 0.05) is 5.69 Å². The normalized spacial score (nSPS) is 10.1. The van der Waals surface area contributed by atoms with Crippen LogP contribution >= 0.6 is 0 Å². The van der Waals surface area contributed by atoms with Crippen LogP contribution in [0.15, 0.2) is 34.7 Å². The van der Waals surface area contributed by atoms with Crippen molar-refractivity contribution in [1.29, 1.82) is 0 Å². The monoisotopic (exact) mass is 330 g/mol. The number of anilines is 2. The molecule has 0 bridgehead atoms. The third-order valence-electron chi connectivity index (χ3n) is 3.17. The molecule has 1 aromatic heterocycles. The number of esters is 1. The Bertz CT molecular complexity index is 765. The van der Waals surface area contributed by atoms with Crippen molar-refractivity contribution in [2.75, 3.05) is 17.2 Å². The van der Waals surface area contributed by atoms with Crippen molar-refractivity contribution in [1.82, 2.24) is 0 Å². The summed E-state index contributed by atoms with van der Waals surface area (Å²) in [5.41, 5.74) is 0.594. The van der Waals surface area contributed by atoms with E-state index in [1.54, 1.807) is 38.1 Å². The number of ketones is 1. The lowest BCUT2D eigenvalue weighted by atomic mass is 10.1. The molecule has 7 heteroatoms. The van der Waals surface area contributed by atoms with E-state index >= 15 is 0 Å². The van der Waals surface area contributed by atoms with Crippen LogP contribution in [0, 0.1) is 6.92 Å². The Morgan fingerprint density at radius 2 is 1.75 bits per heavy atom. The second kappa shape index (κ2) is 7.45. The Kier molecular flexibility index (Phi) is 5.36. The lowest BCUT2D eigenvalue weighted by molar-refractivity contribution is 0.0524. The highest BCUT2D eigenvalue weighted by Crippen LogP contribution is 2.28. The average Bonchev–Trinajstić information content (AvgIpc) is 2.84. The van der Waals surface area contributed by atoms with Crippen molar-refractivity contribution in [2.45, 2.75) is 20.8 Å². The molecule has 7 nitrogen and oxygen atoms in total. The number of amides is 2. The van der Waals surface area contributed by atoms with Crippen molar-refractivity contribution in [2.24, 2.45) is 0 Å². The second-order valence-electron chi connectivity index (χ2n) is 4.96. The van der Waals surface area contributed by atoms with E-state index in [0.29, 0.717) is 5.69 Å². The third kappa shape index (κ3) is 3.81. The summed E-state index contributed by atoms with van der Waals surface area (Å²) in [6.07, 6.45) is 0. The molecule has 0 aliphatic carbocycles. The number of ether oxygens (including phenoxy) is 1. The summed E-state index contributed by atoms with van der Waals surface area (Å²) in [6.45, 7) is 4.64. The molecule has 0 aliphatic heterocycles. The van der Waals surface area contributed by atoms with E-state index in [1.165, 1.54) is 6.92 Å². The van der Waals surface area contributed by atoms with Crippen LogP contribution in [0.2, 0.25) is 0 Å². The minimum atomic E-state index is -0.727. The van der Waals surface area contributed by atoms with Crippen molar-refractivity contribution >= 4 is 29.4 Å². The fraction of sp³-hybridized carbons (Fsp3) is 0.235. The van der Waals surface area contributed by atoms with Crippen LogP contribution in [0.25, 0.3) is 0 Å². The fourth-order valence-corrected chi connectivity index (χ4v) is 2.24. The molecule has 1 heterocycles. The number of urea groups is 1. The molecular formula is C17H18N2O5. The summed E-state index contributed by atoms with van der Waals surface area (Å²) in [5.74, 6) is -0.962. The second-order valence-corrected chi connectivity index (χ2v) is 4.96. The molecule has 0 spiro atoms. The number of aryl methyl sites for hydroxylation is 1. The molecule has 2 N–H and O–H groups in total. The van der Waals surface area contributed by atoms with Crippen molar-refractivity contribution in [3.8, 4) is 0 Å². The molecule has 126 valence electrons. The summed E-state index contributed by atoms with van der Waals surface area (Å²) in [4.78, 5) is 36.0. The van der Waals surface area contributed by atoms with Gasteiger partial charge in [-0.25, -0.2) is 9.59 Å². The Labute approximate surface area is 139 Å². The molecule has 0 saturated carbocycles. The number of benzene rings is 1. The Balaban J connectivity index is 2.29. The average molecular weight is 330 g/mol. The molecule has 1 aromatic carbocycles. The van der Waals surface area contributed by atoms with Gasteiger partial charge in [0.1, 0.15) is 11.3 Å². The first-order chi connectivity index (χ1) is 11.4. The molecule has 2 amide bonds. The van der Waals surface area contributed by atoms with Crippen molar-refractivity contribution in [3.63, 3.8) is 0 Å². The summed E-state index contributed by atoms with van der Waals surface area (Å²) >= 11 is 0. The smallest absolute Gasteiger partial charge is 0.344 e. The van der Waals surface area contributed by atoms with E-state index in [2.05, 4.69) is 10.6 Å². The van der Waals surface area contributed by atoms with Gasteiger partial charge in [0.25, 0.3) is 0 Å². The van der Waals surface area contributed by atoms with E-state index in [-0.39, 0.29) is 35.2 Å². The van der Waals surface area contributed by atoms with Gasteiger partial charge in [-0.3, -0.25) is 10.1 Å². The number of Topliss-reactive ketones (excluding diaryl/α,β-unsaturated/α-hetero) is 1. The zero-order valence-electron chi connectivity index (χ0n) is 13.6. The van der Waals surface area contributed by atoms with E-state index in [1.807, 2.05) is 6.07 Å². The number of carbonyl (C=O) groups excluding carboxylic acids is 3. The molecule has 0 saturated heterocycles. The van der Waals surface area contributed by atoms with Gasteiger partial charge in [-0.2, -0.15) is 0 Å². The van der Waals surface area contributed by atoms with Gasteiger partial charge in [-0.1, -0.05) is 18.2 Å².